The molecule has 5 nitrogen and oxygen atoms in total. The molecule has 0 aliphatic heterocycles. The second-order valence-electron chi connectivity index (χ2n) is 5.35. The average molecular weight is 346 g/mol. The third kappa shape index (κ3) is 2.44. The highest BCUT2D eigenvalue weighted by Crippen LogP contribution is 2.40. The largest absolute Gasteiger partial charge is 0.478 e. The number of halogens is 1. The van der Waals surface area contributed by atoms with Crippen LogP contribution in [0, 0.1) is 0 Å². The molecule has 0 saturated heterocycles. The number of anilines is 2. The lowest BCUT2D eigenvalue weighted by Gasteiger charge is -2.10. The Morgan fingerprint density at radius 2 is 2.09 bits per heavy atom. The molecule has 0 radical (unpaired) electrons. The van der Waals surface area contributed by atoms with E-state index in [9.17, 15) is 9.90 Å². The van der Waals surface area contributed by atoms with Crippen molar-refractivity contribution < 1.29 is 9.90 Å². The third-order valence-corrected chi connectivity index (χ3v) is 5.30. The summed E-state index contributed by atoms with van der Waals surface area (Å²) in [5.74, 6) is -0.409. The van der Waals surface area contributed by atoms with Gasteiger partial charge in [-0.25, -0.2) is 9.78 Å². The van der Waals surface area contributed by atoms with Crippen LogP contribution < -0.4 is 5.32 Å². The number of carboxylic acid groups (broad SMARTS) is 1. The maximum absolute atomic E-state index is 11.4. The van der Waals surface area contributed by atoms with Gasteiger partial charge in [0.15, 0.2) is 0 Å². The molecule has 0 unspecified atom stereocenters. The fraction of sp³-hybridized carbons (Fsp3) is 0.188. The van der Waals surface area contributed by atoms with Crippen LogP contribution >= 0.6 is 22.9 Å². The Morgan fingerprint density at radius 1 is 1.26 bits per heavy atom. The molecule has 116 valence electrons. The van der Waals surface area contributed by atoms with Crippen molar-refractivity contribution >= 4 is 50.6 Å². The lowest BCUT2D eigenvalue weighted by molar-refractivity contribution is 0.0698. The number of carboxylic acids is 1. The second-order valence-corrected chi connectivity index (χ2v) is 6.78. The number of thiophene rings is 1. The highest BCUT2D eigenvalue weighted by molar-refractivity contribution is 7.19. The summed E-state index contributed by atoms with van der Waals surface area (Å²) in [5, 5.41) is 13.6. The molecule has 0 fully saturated rings. The van der Waals surface area contributed by atoms with E-state index in [0.29, 0.717) is 11.5 Å². The fourth-order valence-electron chi connectivity index (χ4n) is 2.97. The molecular formula is C16H12ClN3O2S. The molecule has 4 rings (SSSR count). The van der Waals surface area contributed by atoms with Crippen LogP contribution in [-0.4, -0.2) is 21.0 Å². The van der Waals surface area contributed by atoms with Crippen LogP contribution in [0.25, 0.3) is 10.2 Å². The van der Waals surface area contributed by atoms with Crippen LogP contribution in [0.1, 0.15) is 27.2 Å². The summed E-state index contributed by atoms with van der Waals surface area (Å²) in [6, 6.07) is 6.76. The van der Waals surface area contributed by atoms with Gasteiger partial charge in [-0.15, -0.1) is 11.3 Å². The Bertz CT molecular complexity index is 938. The molecule has 1 aliphatic rings. The predicted molar refractivity (Wildman–Crippen MR) is 91.1 cm³/mol. The smallest absolute Gasteiger partial charge is 0.337 e. The Kier molecular flexibility index (Phi) is 3.43. The van der Waals surface area contributed by atoms with Gasteiger partial charge in [-0.3, -0.25) is 0 Å². The predicted octanol–water partition coefficient (Wildman–Crippen LogP) is 4.28. The van der Waals surface area contributed by atoms with Crippen LogP contribution in [0.3, 0.4) is 0 Å². The minimum atomic E-state index is -0.986. The molecule has 23 heavy (non-hydrogen) atoms. The number of nitrogens with one attached hydrogen (secondary N) is 1. The number of aromatic nitrogens is 2. The van der Waals surface area contributed by atoms with E-state index in [1.54, 1.807) is 35.6 Å². The number of nitrogens with zero attached hydrogens (tertiary/aromatic N) is 2. The van der Waals surface area contributed by atoms with Crippen molar-refractivity contribution in [1.29, 1.82) is 0 Å². The first kappa shape index (κ1) is 14.4. The van der Waals surface area contributed by atoms with Gasteiger partial charge < -0.3 is 10.4 Å². The Labute approximate surface area is 141 Å². The molecule has 0 bridgehead atoms. The summed E-state index contributed by atoms with van der Waals surface area (Å²) < 4.78 is 0. The van der Waals surface area contributed by atoms with E-state index in [4.69, 9.17) is 11.6 Å². The van der Waals surface area contributed by atoms with Gasteiger partial charge in [-0.1, -0.05) is 12.1 Å². The molecule has 2 N–H and O–H groups in total. The van der Waals surface area contributed by atoms with Crippen LogP contribution in [0.2, 0.25) is 5.28 Å². The second kappa shape index (κ2) is 5.47. The van der Waals surface area contributed by atoms with Gasteiger partial charge in [0, 0.05) is 4.88 Å². The van der Waals surface area contributed by atoms with Crippen LogP contribution in [0.5, 0.6) is 0 Å². The summed E-state index contributed by atoms with van der Waals surface area (Å²) >= 11 is 7.69. The molecule has 0 saturated carbocycles. The average Bonchev–Trinajstić information content (AvgIpc) is 3.07. The SMILES string of the molecule is O=C(O)c1ccccc1Nc1nc(Cl)nc2sc3c(c12)CCC3. The molecule has 0 atom stereocenters. The van der Waals surface area contributed by atoms with Crippen molar-refractivity contribution in [3.05, 3.63) is 45.6 Å². The van der Waals surface area contributed by atoms with Gasteiger partial charge in [0.2, 0.25) is 5.28 Å². The topological polar surface area (TPSA) is 75.1 Å². The summed E-state index contributed by atoms with van der Waals surface area (Å²) in [5.41, 5.74) is 1.95. The van der Waals surface area contributed by atoms with Gasteiger partial charge >= 0.3 is 5.97 Å². The van der Waals surface area contributed by atoms with Gasteiger partial charge in [0.05, 0.1) is 16.6 Å². The normalized spacial score (nSPS) is 13.3. The minimum Gasteiger partial charge on any atom is -0.478 e. The quantitative estimate of drug-likeness (QED) is 0.693. The van der Waals surface area contributed by atoms with E-state index >= 15 is 0 Å². The van der Waals surface area contributed by atoms with Crippen LogP contribution in [-0.2, 0) is 12.8 Å². The molecule has 2 aromatic heterocycles. The fourth-order valence-corrected chi connectivity index (χ4v) is 4.45. The molecule has 1 aromatic carbocycles. The standard InChI is InChI=1S/C16H12ClN3O2S/c17-16-19-13(18-10-6-2-1-4-8(10)15(21)22)12-9-5-3-7-11(9)23-14(12)20-16/h1-2,4,6H,3,5,7H2,(H,21,22)(H,18,19,20). The molecule has 2 heterocycles. The first-order valence-corrected chi connectivity index (χ1v) is 8.40. The Morgan fingerprint density at radius 3 is 2.91 bits per heavy atom. The van der Waals surface area contributed by atoms with Crippen molar-refractivity contribution in [2.75, 3.05) is 5.32 Å². The lowest BCUT2D eigenvalue weighted by atomic mass is 10.1. The van der Waals surface area contributed by atoms with Crippen molar-refractivity contribution in [1.82, 2.24) is 9.97 Å². The highest BCUT2D eigenvalue weighted by atomic mass is 35.5. The first-order chi connectivity index (χ1) is 11.1. The third-order valence-electron chi connectivity index (χ3n) is 3.95. The zero-order valence-electron chi connectivity index (χ0n) is 12.0. The molecule has 0 spiro atoms. The molecule has 1 aliphatic carbocycles. The monoisotopic (exact) mass is 345 g/mol. The Hall–Kier alpha value is -2.18. The van der Waals surface area contributed by atoms with E-state index in [-0.39, 0.29) is 10.8 Å². The summed E-state index contributed by atoms with van der Waals surface area (Å²) in [4.78, 5) is 22.2. The zero-order valence-corrected chi connectivity index (χ0v) is 13.5. The van der Waals surface area contributed by atoms with Gasteiger partial charge in [0.25, 0.3) is 0 Å². The van der Waals surface area contributed by atoms with E-state index in [1.165, 1.54) is 10.4 Å². The molecule has 0 amide bonds. The minimum absolute atomic E-state index is 0.160. The molecule has 7 heteroatoms. The number of hydrogen-bond donors (Lipinski definition) is 2. The van der Waals surface area contributed by atoms with E-state index in [0.717, 1.165) is 29.5 Å². The zero-order chi connectivity index (χ0) is 16.0. The van der Waals surface area contributed by atoms with Crippen molar-refractivity contribution in [3.63, 3.8) is 0 Å². The summed E-state index contributed by atoms with van der Waals surface area (Å²) in [6.45, 7) is 0. The number of aryl methyl sites for hydroxylation is 2. The lowest BCUT2D eigenvalue weighted by Crippen LogP contribution is -2.04. The number of benzene rings is 1. The number of rotatable bonds is 3. The van der Waals surface area contributed by atoms with Crippen LogP contribution in [0.4, 0.5) is 11.5 Å². The Balaban J connectivity index is 1.88. The van der Waals surface area contributed by atoms with Crippen molar-refractivity contribution in [3.8, 4) is 0 Å². The van der Waals surface area contributed by atoms with E-state index < -0.39 is 5.97 Å². The number of carbonyl (C=O) groups is 1. The summed E-state index contributed by atoms with van der Waals surface area (Å²) in [7, 11) is 0. The summed E-state index contributed by atoms with van der Waals surface area (Å²) in [6.07, 6.45) is 3.18. The van der Waals surface area contributed by atoms with Crippen molar-refractivity contribution in [2.45, 2.75) is 19.3 Å². The number of para-hydroxylation sites is 1. The van der Waals surface area contributed by atoms with Crippen molar-refractivity contribution in [2.24, 2.45) is 0 Å². The molecular weight excluding hydrogens is 334 g/mol. The molecule has 3 aromatic rings. The van der Waals surface area contributed by atoms with Gasteiger partial charge in [-0.2, -0.15) is 4.98 Å². The van der Waals surface area contributed by atoms with Gasteiger partial charge in [0.1, 0.15) is 10.6 Å². The highest BCUT2D eigenvalue weighted by Gasteiger charge is 2.23. The van der Waals surface area contributed by atoms with E-state index in [2.05, 4.69) is 15.3 Å². The number of fused-ring (bicyclic) bond motifs is 3. The number of aromatic carboxylic acids is 1. The maximum Gasteiger partial charge on any atom is 0.337 e. The number of hydrogen-bond acceptors (Lipinski definition) is 5. The van der Waals surface area contributed by atoms with Gasteiger partial charge in [-0.05, 0) is 48.6 Å². The van der Waals surface area contributed by atoms with Crippen LogP contribution in [0.15, 0.2) is 24.3 Å². The van der Waals surface area contributed by atoms with E-state index in [1.807, 2.05) is 0 Å². The maximum atomic E-state index is 11.4. The first-order valence-electron chi connectivity index (χ1n) is 7.20.